The molecule has 2 aromatic rings. The largest absolute Gasteiger partial charge is 0.474 e. The van der Waals surface area contributed by atoms with Crippen LogP contribution in [0.25, 0.3) is 10.2 Å². The number of rotatable bonds is 6. The van der Waals surface area contributed by atoms with E-state index in [2.05, 4.69) is 35.9 Å². The molecule has 5 nitrogen and oxygen atoms in total. The fourth-order valence-electron chi connectivity index (χ4n) is 5.30. The summed E-state index contributed by atoms with van der Waals surface area (Å²) in [6, 6.07) is 0. The van der Waals surface area contributed by atoms with Gasteiger partial charge in [0.1, 0.15) is 17.3 Å². The maximum atomic E-state index is 9.93. The van der Waals surface area contributed by atoms with Gasteiger partial charge in [0.05, 0.1) is 11.5 Å². The number of aliphatic hydroxyl groups is 1. The third-order valence-electron chi connectivity index (χ3n) is 7.07. The molecule has 6 heteroatoms. The molecule has 0 spiro atoms. The van der Waals surface area contributed by atoms with Crippen LogP contribution in [0.3, 0.4) is 0 Å². The highest BCUT2D eigenvalue weighted by atomic mass is 32.1. The van der Waals surface area contributed by atoms with Crippen LogP contribution in [0.1, 0.15) is 75.2 Å². The molecular formula is C22H33N3O2S. The van der Waals surface area contributed by atoms with Gasteiger partial charge in [-0.05, 0) is 83.9 Å². The number of hydrogen-bond acceptors (Lipinski definition) is 6. The van der Waals surface area contributed by atoms with Crippen molar-refractivity contribution in [3.8, 4) is 5.88 Å². The number of thiophene rings is 1. The molecule has 1 N–H and O–H groups in total. The van der Waals surface area contributed by atoms with E-state index in [0.717, 1.165) is 48.2 Å². The number of aromatic nitrogens is 2. The molecule has 0 bridgehead atoms. The van der Waals surface area contributed by atoms with Gasteiger partial charge in [0.25, 0.3) is 0 Å². The van der Waals surface area contributed by atoms with Gasteiger partial charge in [-0.1, -0.05) is 6.92 Å². The average Bonchev–Trinajstić information content (AvgIpc) is 3.22. The van der Waals surface area contributed by atoms with E-state index in [1.165, 1.54) is 29.7 Å². The van der Waals surface area contributed by atoms with E-state index < -0.39 is 0 Å². The Morgan fingerprint density at radius 1 is 1.29 bits per heavy atom. The zero-order valence-corrected chi connectivity index (χ0v) is 18.4. The minimum absolute atomic E-state index is 0.227. The summed E-state index contributed by atoms with van der Waals surface area (Å²) < 4.78 is 6.50. The van der Waals surface area contributed by atoms with Gasteiger partial charge in [0, 0.05) is 10.4 Å². The monoisotopic (exact) mass is 403 g/mol. The summed E-state index contributed by atoms with van der Waals surface area (Å²) in [5.41, 5.74) is 1.66. The summed E-state index contributed by atoms with van der Waals surface area (Å²) in [5.74, 6) is 1.16. The van der Waals surface area contributed by atoms with Crippen molar-refractivity contribution in [2.75, 3.05) is 14.1 Å². The quantitative estimate of drug-likeness (QED) is 0.768. The first-order valence-corrected chi connectivity index (χ1v) is 11.5. The molecule has 2 heterocycles. The van der Waals surface area contributed by atoms with Gasteiger partial charge in [-0.2, -0.15) is 0 Å². The number of ether oxygens (including phenoxy) is 1. The average molecular weight is 404 g/mol. The fourth-order valence-corrected chi connectivity index (χ4v) is 6.53. The lowest BCUT2D eigenvalue weighted by atomic mass is 9.77. The van der Waals surface area contributed by atoms with Gasteiger partial charge in [-0.15, -0.1) is 11.3 Å². The Hall–Kier alpha value is -1.24. The van der Waals surface area contributed by atoms with E-state index in [1.807, 2.05) is 6.92 Å². The highest BCUT2D eigenvalue weighted by Gasteiger charge is 2.37. The molecule has 154 valence electrons. The van der Waals surface area contributed by atoms with Gasteiger partial charge in [-0.25, -0.2) is 9.97 Å². The third kappa shape index (κ3) is 3.55. The van der Waals surface area contributed by atoms with E-state index in [4.69, 9.17) is 4.74 Å². The van der Waals surface area contributed by atoms with Crippen LogP contribution < -0.4 is 4.74 Å². The molecule has 0 aromatic carbocycles. The maximum Gasteiger partial charge on any atom is 0.225 e. The van der Waals surface area contributed by atoms with Gasteiger partial charge in [-0.3, -0.25) is 0 Å². The number of fused-ring (bicyclic) bond motifs is 3. The summed E-state index contributed by atoms with van der Waals surface area (Å²) in [7, 11) is 4.41. The van der Waals surface area contributed by atoms with Gasteiger partial charge in [0.2, 0.25) is 5.88 Å². The lowest BCUT2D eigenvalue weighted by molar-refractivity contribution is 0.0402. The van der Waals surface area contributed by atoms with Crippen molar-refractivity contribution in [2.45, 2.75) is 88.9 Å². The van der Waals surface area contributed by atoms with Gasteiger partial charge in [0.15, 0.2) is 0 Å². The molecular weight excluding hydrogens is 370 g/mol. The summed E-state index contributed by atoms with van der Waals surface area (Å²) in [5, 5.41) is 11.0. The molecule has 1 saturated carbocycles. The maximum absolute atomic E-state index is 9.93. The third-order valence-corrected chi connectivity index (χ3v) is 8.24. The smallest absolute Gasteiger partial charge is 0.225 e. The first-order valence-electron chi connectivity index (χ1n) is 10.7. The van der Waals surface area contributed by atoms with Crippen molar-refractivity contribution < 1.29 is 9.84 Å². The second-order valence-electron chi connectivity index (χ2n) is 8.91. The van der Waals surface area contributed by atoms with Crippen LogP contribution in [-0.2, 0) is 6.42 Å². The van der Waals surface area contributed by atoms with E-state index in [-0.39, 0.29) is 12.2 Å². The van der Waals surface area contributed by atoms with Crippen LogP contribution in [0.5, 0.6) is 5.88 Å². The van der Waals surface area contributed by atoms with Crippen LogP contribution in [0.4, 0.5) is 0 Å². The predicted octanol–water partition coefficient (Wildman–Crippen LogP) is 4.52. The van der Waals surface area contributed by atoms with Crippen molar-refractivity contribution in [1.82, 2.24) is 14.9 Å². The molecule has 0 amide bonds. The summed E-state index contributed by atoms with van der Waals surface area (Å²) in [6.45, 7) is 4.18. The lowest BCUT2D eigenvalue weighted by Gasteiger charge is -2.44. The normalized spacial score (nSPS) is 28.6. The highest BCUT2D eigenvalue weighted by molar-refractivity contribution is 7.19. The zero-order valence-electron chi connectivity index (χ0n) is 17.6. The standard InChI is InChI=1S/C22H33N3O2S/c1-5-22(25(3)4)10-8-16(9-11-22)27-20-19-18-15(12-14(2)26)6-7-17(18)28-21(19)24-13-23-20/h13-16,26H,5-12H2,1-4H3. The molecule has 0 saturated heterocycles. The molecule has 2 unspecified atom stereocenters. The molecule has 2 aliphatic rings. The second kappa shape index (κ2) is 7.88. The fraction of sp³-hybridized carbons (Fsp3) is 0.727. The van der Waals surface area contributed by atoms with Crippen molar-refractivity contribution in [2.24, 2.45) is 0 Å². The lowest BCUT2D eigenvalue weighted by Crippen LogP contribution is -2.48. The molecule has 28 heavy (non-hydrogen) atoms. The van der Waals surface area contributed by atoms with Gasteiger partial charge >= 0.3 is 0 Å². The van der Waals surface area contributed by atoms with Crippen LogP contribution in [0, 0.1) is 0 Å². The van der Waals surface area contributed by atoms with Crippen LogP contribution >= 0.6 is 11.3 Å². The molecule has 2 aromatic heterocycles. The molecule has 2 aliphatic carbocycles. The molecule has 4 rings (SSSR count). The minimum atomic E-state index is -0.286. The topological polar surface area (TPSA) is 58.5 Å². The van der Waals surface area contributed by atoms with Crippen molar-refractivity contribution >= 4 is 21.6 Å². The Morgan fingerprint density at radius 2 is 2.04 bits per heavy atom. The molecule has 1 fully saturated rings. The van der Waals surface area contributed by atoms with Crippen molar-refractivity contribution in [3.05, 3.63) is 16.8 Å². The summed E-state index contributed by atoms with van der Waals surface area (Å²) >= 11 is 1.78. The van der Waals surface area contributed by atoms with Crippen LogP contribution in [-0.4, -0.2) is 51.8 Å². The SMILES string of the molecule is CCC1(N(C)C)CCC(Oc2ncnc3sc4c(c23)C(CC(C)O)CC4)CC1. The Morgan fingerprint density at radius 3 is 2.68 bits per heavy atom. The minimum Gasteiger partial charge on any atom is -0.474 e. The molecule has 2 atom stereocenters. The van der Waals surface area contributed by atoms with E-state index in [0.29, 0.717) is 11.5 Å². The first kappa shape index (κ1) is 20.0. The van der Waals surface area contributed by atoms with Crippen molar-refractivity contribution in [1.29, 1.82) is 0 Å². The van der Waals surface area contributed by atoms with Crippen LogP contribution in [0.2, 0.25) is 0 Å². The number of hydrogen-bond donors (Lipinski definition) is 1. The Kier molecular flexibility index (Phi) is 5.64. The van der Waals surface area contributed by atoms with Crippen molar-refractivity contribution in [3.63, 3.8) is 0 Å². The Labute approximate surface area is 172 Å². The predicted molar refractivity (Wildman–Crippen MR) is 114 cm³/mol. The van der Waals surface area contributed by atoms with E-state index in [9.17, 15) is 5.11 Å². The Bertz CT molecular complexity index is 825. The number of aliphatic hydroxyl groups excluding tert-OH is 1. The van der Waals surface area contributed by atoms with E-state index in [1.54, 1.807) is 17.7 Å². The van der Waals surface area contributed by atoms with E-state index >= 15 is 0 Å². The number of aryl methyl sites for hydroxylation is 1. The first-order chi connectivity index (χ1) is 13.4. The zero-order chi connectivity index (χ0) is 19.9. The number of nitrogens with zero attached hydrogens (tertiary/aromatic N) is 3. The highest BCUT2D eigenvalue weighted by Crippen LogP contribution is 2.48. The summed E-state index contributed by atoms with van der Waals surface area (Å²) in [4.78, 5) is 13.9. The van der Waals surface area contributed by atoms with Gasteiger partial charge < -0.3 is 14.7 Å². The summed E-state index contributed by atoms with van der Waals surface area (Å²) in [6.07, 6.45) is 10.2. The molecule has 0 radical (unpaired) electrons. The second-order valence-corrected chi connectivity index (χ2v) is 9.99. The molecule has 0 aliphatic heterocycles. The Balaban J connectivity index is 1.57. The van der Waals surface area contributed by atoms with Crippen LogP contribution in [0.15, 0.2) is 6.33 Å².